The summed E-state index contributed by atoms with van der Waals surface area (Å²) in [5.74, 6) is -0.995. The van der Waals surface area contributed by atoms with Gasteiger partial charge < -0.3 is 10.0 Å². The summed E-state index contributed by atoms with van der Waals surface area (Å²) in [6.07, 6.45) is -0.502. The first-order valence-electron chi connectivity index (χ1n) is 7.51. The van der Waals surface area contributed by atoms with Gasteiger partial charge in [0.1, 0.15) is 11.6 Å². The third kappa shape index (κ3) is 3.56. The lowest BCUT2D eigenvalue weighted by atomic mass is 9.98. The number of benzene rings is 2. The van der Waals surface area contributed by atoms with E-state index < -0.39 is 11.9 Å². The molecule has 0 radical (unpaired) electrons. The summed E-state index contributed by atoms with van der Waals surface area (Å²) in [5, 5.41) is 10.1. The fourth-order valence-corrected chi connectivity index (χ4v) is 2.86. The molecule has 2 aromatic rings. The maximum atomic E-state index is 13.3. The molecule has 1 aliphatic heterocycles. The van der Waals surface area contributed by atoms with Crippen molar-refractivity contribution in [2.45, 2.75) is 25.5 Å². The lowest BCUT2D eigenvalue weighted by Gasteiger charge is -2.29. The molecule has 1 aliphatic rings. The molecule has 1 N–H and O–H groups in total. The number of hydrogen-bond acceptors (Lipinski definition) is 2. The molecule has 0 aromatic heterocycles. The van der Waals surface area contributed by atoms with E-state index in [1.165, 1.54) is 30.3 Å². The molecule has 2 aromatic carbocycles. The van der Waals surface area contributed by atoms with Crippen LogP contribution in [0.2, 0.25) is 0 Å². The first kappa shape index (κ1) is 15.6. The SMILES string of the molecule is O=C(CC(O)c1cccc(F)c1)N1CCc2ccc(F)cc2C1. The number of nitrogens with zero attached hydrogens (tertiary/aromatic N) is 1. The number of halogens is 2. The Morgan fingerprint density at radius 1 is 1.13 bits per heavy atom. The van der Waals surface area contributed by atoms with E-state index in [1.54, 1.807) is 17.0 Å². The Labute approximate surface area is 133 Å². The standard InChI is InChI=1S/C18H17F2NO2/c19-15-3-1-2-13(8-15)17(22)10-18(23)21-7-6-12-4-5-16(20)9-14(12)11-21/h1-5,8-9,17,22H,6-7,10-11H2. The molecule has 1 amide bonds. The quantitative estimate of drug-likeness (QED) is 0.945. The Kier molecular flexibility index (Phi) is 4.39. The number of aliphatic hydroxyl groups is 1. The van der Waals surface area contributed by atoms with Crippen LogP contribution in [-0.4, -0.2) is 22.5 Å². The molecule has 1 heterocycles. The van der Waals surface area contributed by atoms with E-state index in [-0.39, 0.29) is 18.1 Å². The molecular weight excluding hydrogens is 300 g/mol. The van der Waals surface area contributed by atoms with E-state index >= 15 is 0 Å². The van der Waals surface area contributed by atoms with Gasteiger partial charge in [0.25, 0.3) is 0 Å². The van der Waals surface area contributed by atoms with Crippen LogP contribution < -0.4 is 0 Å². The van der Waals surface area contributed by atoms with Crippen LogP contribution in [0.3, 0.4) is 0 Å². The highest BCUT2D eigenvalue weighted by Crippen LogP contribution is 2.23. The van der Waals surface area contributed by atoms with Crippen LogP contribution in [0.1, 0.15) is 29.2 Å². The zero-order chi connectivity index (χ0) is 16.4. The van der Waals surface area contributed by atoms with Gasteiger partial charge in [-0.25, -0.2) is 8.78 Å². The molecule has 5 heteroatoms. The second-order valence-electron chi connectivity index (χ2n) is 5.75. The van der Waals surface area contributed by atoms with E-state index in [9.17, 15) is 18.7 Å². The van der Waals surface area contributed by atoms with E-state index in [0.717, 1.165) is 11.1 Å². The normalized spacial score (nSPS) is 15.2. The predicted molar refractivity (Wildman–Crippen MR) is 81.5 cm³/mol. The second-order valence-corrected chi connectivity index (χ2v) is 5.75. The zero-order valence-corrected chi connectivity index (χ0v) is 12.5. The molecule has 0 aliphatic carbocycles. The summed E-state index contributed by atoms with van der Waals surface area (Å²) in [6, 6.07) is 10.2. The molecule has 0 bridgehead atoms. The van der Waals surface area contributed by atoms with Crippen LogP contribution in [0.15, 0.2) is 42.5 Å². The van der Waals surface area contributed by atoms with Crippen molar-refractivity contribution in [1.29, 1.82) is 0 Å². The summed E-state index contributed by atoms with van der Waals surface area (Å²) in [5.41, 5.74) is 2.22. The number of aliphatic hydroxyl groups excluding tert-OH is 1. The molecule has 3 nitrogen and oxygen atoms in total. The lowest BCUT2D eigenvalue weighted by molar-refractivity contribution is -0.134. The Bertz CT molecular complexity index is 733. The first-order valence-corrected chi connectivity index (χ1v) is 7.51. The first-order chi connectivity index (χ1) is 11.0. The summed E-state index contributed by atoms with van der Waals surface area (Å²) in [4.78, 5) is 13.9. The van der Waals surface area contributed by atoms with Crippen molar-refractivity contribution in [2.24, 2.45) is 0 Å². The minimum Gasteiger partial charge on any atom is -0.388 e. The molecule has 120 valence electrons. The molecule has 0 spiro atoms. The minimum atomic E-state index is -1.05. The van der Waals surface area contributed by atoms with Gasteiger partial charge in [-0.15, -0.1) is 0 Å². The molecule has 23 heavy (non-hydrogen) atoms. The summed E-state index contributed by atoms with van der Waals surface area (Å²) >= 11 is 0. The number of amides is 1. The summed E-state index contributed by atoms with van der Waals surface area (Å²) in [7, 11) is 0. The number of carbonyl (C=O) groups is 1. The largest absolute Gasteiger partial charge is 0.388 e. The molecule has 0 saturated heterocycles. The third-order valence-electron chi connectivity index (χ3n) is 4.13. The molecule has 0 fully saturated rings. The third-order valence-corrected chi connectivity index (χ3v) is 4.13. The Morgan fingerprint density at radius 2 is 1.91 bits per heavy atom. The number of hydrogen-bond donors (Lipinski definition) is 1. The molecular formula is C18H17F2NO2. The Hall–Kier alpha value is -2.27. The topological polar surface area (TPSA) is 40.5 Å². The monoisotopic (exact) mass is 317 g/mol. The maximum absolute atomic E-state index is 13.3. The highest BCUT2D eigenvalue weighted by atomic mass is 19.1. The van der Waals surface area contributed by atoms with Crippen molar-refractivity contribution in [2.75, 3.05) is 6.54 Å². The van der Waals surface area contributed by atoms with Gasteiger partial charge in [0.05, 0.1) is 12.5 Å². The number of fused-ring (bicyclic) bond motifs is 1. The lowest BCUT2D eigenvalue weighted by Crippen LogP contribution is -2.36. The Balaban J connectivity index is 1.67. The van der Waals surface area contributed by atoms with Crippen LogP contribution in [0.4, 0.5) is 8.78 Å². The highest BCUT2D eigenvalue weighted by molar-refractivity contribution is 5.77. The van der Waals surface area contributed by atoms with Gasteiger partial charge in [-0.2, -0.15) is 0 Å². The van der Waals surface area contributed by atoms with Crippen LogP contribution in [0, 0.1) is 11.6 Å². The van der Waals surface area contributed by atoms with E-state index in [2.05, 4.69) is 0 Å². The average molecular weight is 317 g/mol. The zero-order valence-electron chi connectivity index (χ0n) is 12.5. The van der Waals surface area contributed by atoms with Crippen molar-refractivity contribution in [1.82, 2.24) is 4.90 Å². The smallest absolute Gasteiger partial charge is 0.225 e. The van der Waals surface area contributed by atoms with Gasteiger partial charge >= 0.3 is 0 Å². The van der Waals surface area contributed by atoms with Gasteiger partial charge in [0.2, 0.25) is 5.91 Å². The number of rotatable bonds is 3. The van der Waals surface area contributed by atoms with Gasteiger partial charge in [-0.05, 0) is 47.4 Å². The van der Waals surface area contributed by atoms with E-state index in [4.69, 9.17) is 0 Å². The fraction of sp³-hybridized carbons (Fsp3) is 0.278. The fourth-order valence-electron chi connectivity index (χ4n) is 2.86. The van der Waals surface area contributed by atoms with Gasteiger partial charge in [0.15, 0.2) is 0 Å². The van der Waals surface area contributed by atoms with Gasteiger partial charge in [0, 0.05) is 13.1 Å². The molecule has 1 unspecified atom stereocenters. The van der Waals surface area contributed by atoms with Crippen molar-refractivity contribution >= 4 is 5.91 Å². The second kappa shape index (κ2) is 6.46. The van der Waals surface area contributed by atoms with E-state index in [1.807, 2.05) is 0 Å². The molecule has 1 atom stereocenters. The van der Waals surface area contributed by atoms with Crippen molar-refractivity contribution < 1.29 is 18.7 Å². The van der Waals surface area contributed by atoms with Crippen LogP contribution >= 0.6 is 0 Å². The van der Waals surface area contributed by atoms with Gasteiger partial charge in [-0.3, -0.25) is 4.79 Å². The van der Waals surface area contributed by atoms with Crippen molar-refractivity contribution in [3.63, 3.8) is 0 Å². The van der Waals surface area contributed by atoms with E-state index in [0.29, 0.717) is 25.1 Å². The summed E-state index contributed by atoms with van der Waals surface area (Å²) in [6.45, 7) is 0.870. The van der Waals surface area contributed by atoms with Crippen LogP contribution in [0.25, 0.3) is 0 Å². The average Bonchev–Trinajstić information content (AvgIpc) is 2.54. The summed E-state index contributed by atoms with van der Waals surface area (Å²) < 4.78 is 26.5. The minimum absolute atomic E-state index is 0.117. The molecule has 0 saturated carbocycles. The number of carbonyl (C=O) groups excluding carboxylic acids is 1. The van der Waals surface area contributed by atoms with Crippen molar-refractivity contribution in [3.05, 3.63) is 70.8 Å². The van der Waals surface area contributed by atoms with Crippen LogP contribution in [0.5, 0.6) is 0 Å². The highest BCUT2D eigenvalue weighted by Gasteiger charge is 2.23. The van der Waals surface area contributed by atoms with Crippen LogP contribution in [-0.2, 0) is 17.8 Å². The molecule has 3 rings (SSSR count). The predicted octanol–water partition coefficient (Wildman–Crippen LogP) is 2.97. The van der Waals surface area contributed by atoms with Crippen molar-refractivity contribution in [3.8, 4) is 0 Å². The van der Waals surface area contributed by atoms with Gasteiger partial charge in [-0.1, -0.05) is 18.2 Å². The Morgan fingerprint density at radius 3 is 2.70 bits per heavy atom. The maximum Gasteiger partial charge on any atom is 0.225 e.